The fourth-order valence-electron chi connectivity index (χ4n) is 3.06. The molecule has 4 nitrogen and oxygen atoms in total. The summed E-state index contributed by atoms with van der Waals surface area (Å²) >= 11 is 0. The first-order valence-electron chi connectivity index (χ1n) is 11.5. The Kier molecular flexibility index (Phi) is 19.7. The summed E-state index contributed by atoms with van der Waals surface area (Å²) < 4.78 is 5.14. The van der Waals surface area contributed by atoms with Gasteiger partial charge < -0.3 is 14.6 Å². The second kappa shape index (κ2) is 20.6. The quantitative estimate of drug-likeness (QED) is 0.149. The van der Waals surface area contributed by atoms with Gasteiger partial charge >= 0.3 is 5.97 Å². The van der Waals surface area contributed by atoms with E-state index in [0.29, 0.717) is 19.4 Å². The number of unbranched alkanes of at least 4 members (excludes halogenated alkanes) is 9. The molecule has 1 N–H and O–H groups in total. The largest absolute Gasteiger partial charge is 0.466 e. The lowest BCUT2D eigenvalue weighted by Crippen LogP contribution is -2.05. The van der Waals surface area contributed by atoms with Gasteiger partial charge in [-0.05, 0) is 51.9 Å². The average Bonchev–Trinajstić information content (AvgIpc) is 2.66. The van der Waals surface area contributed by atoms with Crippen molar-refractivity contribution >= 4 is 11.8 Å². The Labute approximate surface area is 173 Å². The zero-order chi connectivity index (χ0) is 20.9. The Balaban J connectivity index is 3.34. The smallest absolute Gasteiger partial charge is 0.305 e. The Morgan fingerprint density at radius 3 is 2.21 bits per heavy atom. The van der Waals surface area contributed by atoms with Crippen LogP contribution in [0.4, 0.5) is 0 Å². The average molecular weight is 397 g/mol. The summed E-state index contributed by atoms with van der Waals surface area (Å²) in [5.74, 6) is 0.221. The molecule has 0 aliphatic heterocycles. The molecule has 0 aromatic carbocycles. The van der Waals surface area contributed by atoms with Gasteiger partial charge in [-0.2, -0.15) is 0 Å². The molecule has 0 saturated heterocycles. The molecule has 0 saturated carbocycles. The van der Waals surface area contributed by atoms with E-state index in [4.69, 9.17) is 4.74 Å². The van der Waals surface area contributed by atoms with Gasteiger partial charge in [-0.25, -0.2) is 0 Å². The predicted molar refractivity (Wildman–Crippen MR) is 116 cm³/mol. The molecule has 0 fully saturated rings. The summed E-state index contributed by atoms with van der Waals surface area (Å²) in [6.45, 7) is 4.30. The summed E-state index contributed by atoms with van der Waals surface area (Å²) in [6, 6.07) is 0. The third kappa shape index (κ3) is 21.1. The third-order valence-electron chi connectivity index (χ3n) is 4.90. The molecule has 0 heterocycles. The fourth-order valence-corrected chi connectivity index (χ4v) is 3.06. The number of allylic oxidation sites excluding steroid dienone is 1. The number of hydrogen-bond acceptors (Lipinski definition) is 4. The van der Waals surface area contributed by atoms with Crippen molar-refractivity contribution in [3.63, 3.8) is 0 Å². The SMILES string of the molecule is CCCCOC(=O)CCCCCCC/C=C\C[C@H](O)CCCCCCC(C)=O. The Hall–Kier alpha value is -1.16. The van der Waals surface area contributed by atoms with E-state index in [1.54, 1.807) is 6.92 Å². The first-order chi connectivity index (χ1) is 13.6. The summed E-state index contributed by atoms with van der Waals surface area (Å²) in [4.78, 5) is 22.3. The topological polar surface area (TPSA) is 63.6 Å². The molecule has 0 radical (unpaired) electrons. The summed E-state index contributed by atoms with van der Waals surface area (Å²) in [5.41, 5.74) is 0. The van der Waals surface area contributed by atoms with Crippen molar-refractivity contribution in [1.82, 2.24) is 0 Å². The van der Waals surface area contributed by atoms with E-state index < -0.39 is 0 Å². The number of aliphatic hydroxyl groups is 1. The Morgan fingerprint density at radius 2 is 1.50 bits per heavy atom. The molecular weight excluding hydrogens is 352 g/mol. The normalized spacial score (nSPS) is 12.4. The Bertz CT molecular complexity index is 403. The number of carbonyl (C=O) groups is 2. The number of carbonyl (C=O) groups excluding carboxylic acids is 2. The van der Waals surface area contributed by atoms with Crippen LogP contribution in [0.5, 0.6) is 0 Å². The van der Waals surface area contributed by atoms with Crippen LogP contribution in [0.2, 0.25) is 0 Å². The summed E-state index contributed by atoms with van der Waals surface area (Å²) in [6.07, 6.45) is 19.7. The van der Waals surface area contributed by atoms with E-state index in [1.807, 2.05) is 0 Å². The zero-order valence-electron chi connectivity index (χ0n) is 18.4. The van der Waals surface area contributed by atoms with Crippen molar-refractivity contribution in [2.45, 2.75) is 123 Å². The number of hydrogen-bond donors (Lipinski definition) is 1. The van der Waals surface area contributed by atoms with Crippen molar-refractivity contribution in [2.24, 2.45) is 0 Å². The van der Waals surface area contributed by atoms with E-state index in [1.165, 1.54) is 19.3 Å². The van der Waals surface area contributed by atoms with Crippen molar-refractivity contribution in [3.05, 3.63) is 12.2 Å². The minimum Gasteiger partial charge on any atom is -0.466 e. The van der Waals surface area contributed by atoms with Crippen molar-refractivity contribution in [1.29, 1.82) is 0 Å². The van der Waals surface area contributed by atoms with Gasteiger partial charge in [0, 0.05) is 12.8 Å². The van der Waals surface area contributed by atoms with E-state index in [-0.39, 0.29) is 17.9 Å². The molecule has 28 heavy (non-hydrogen) atoms. The molecule has 164 valence electrons. The maximum atomic E-state index is 11.5. The highest BCUT2D eigenvalue weighted by molar-refractivity contribution is 5.75. The molecule has 0 aromatic rings. The Morgan fingerprint density at radius 1 is 0.857 bits per heavy atom. The van der Waals surface area contributed by atoms with Gasteiger partial charge in [0.25, 0.3) is 0 Å². The van der Waals surface area contributed by atoms with Crippen LogP contribution in [0.25, 0.3) is 0 Å². The first-order valence-corrected chi connectivity index (χ1v) is 11.5. The standard InChI is InChI=1S/C24H44O4/c1-3-4-21-28-24(27)20-16-10-8-6-5-7-9-14-18-23(26)19-15-12-11-13-17-22(2)25/h9,14,23,26H,3-8,10-13,15-21H2,1-2H3/b14-9-/t23-/m0/s1. The van der Waals surface area contributed by atoms with Gasteiger partial charge in [0.2, 0.25) is 0 Å². The third-order valence-corrected chi connectivity index (χ3v) is 4.90. The number of ether oxygens (including phenoxy) is 1. The number of ketones is 1. The molecule has 0 aliphatic rings. The number of aliphatic hydroxyl groups excluding tert-OH is 1. The summed E-state index contributed by atoms with van der Waals surface area (Å²) in [5, 5.41) is 9.96. The molecule has 0 bridgehead atoms. The van der Waals surface area contributed by atoms with Crippen LogP contribution in [0.15, 0.2) is 12.2 Å². The highest BCUT2D eigenvalue weighted by Crippen LogP contribution is 2.11. The van der Waals surface area contributed by atoms with Crippen molar-refractivity contribution in [3.8, 4) is 0 Å². The van der Waals surface area contributed by atoms with Gasteiger partial charge in [-0.15, -0.1) is 0 Å². The molecule has 0 rings (SSSR count). The monoisotopic (exact) mass is 396 g/mol. The van der Waals surface area contributed by atoms with Crippen LogP contribution in [0.1, 0.15) is 117 Å². The van der Waals surface area contributed by atoms with E-state index >= 15 is 0 Å². The van der Waals surface area contributed by atoms with E-state index in [2.05, 4.69) is 19.1 Å². The first kappa shape index (κ1) is 26.8. The van der Waals surface area contributed by atoms with E-state index in [0.717, 1.165) is 70.6 Å². The van der Waals surface area contributed by atoms with Gasteiger partial charge in [0.15, 0.2) is 0 Å². The second-order valence-electron chi connectivity index (χ2n) is 7.90. The minimum atomic E-state index is -0.235. The fraction of sp³-hybridized carbons (Fsp3) is 0.833. The van der Waals surface area contributed by atoms with Crippen LogP contribution in [-0.4, -0.2) is 29.6 Å². The highest BCUT2D eigenvalue weighted by atomic mass is 16.5. The van der Waals surface area contributed by atoms with Gasteiger partial charge in [-0.1, -0.05) is 64.0 Å². The summed E-state index contributed by atoms with van der Waals surface area (Å²) in [7, 11) is 0. The maximum absolute atomic E-state index is 11.5. The molecule has 1 atom stereocenters. The molecule has 0 spiro atoms. The van der Waals surface area contributed by atoms with Crippen LogP contribution >= 0.6 is 0 Å². The molecule has 4 heteroatoms. The highest BCUT2D eigenvalue weighted by Gasteiger charge is 2.03. The predicted octanol–water partition coefficient (Wildman–Crippen LogP) is 6.30. The molecule has 0 aliphatic carbocycles. The lowest BCUT2D eigenvalue weighted by molar-refractivity contribution is -0.143. The lowest BCUT2D eigenvalue weighted by atomic mass is 10.0. The van der Waals surface area contributed by atoms with Gasteiger partial charge in [0.05, 0.1) is 12.7 Å². The van der Waals surface area contributed by atoms with Crippen LogP contribution in [0.3, 0.4) is 0 Å². The van der Waals surface area contributed by atoms with E-state index in [9.17, 15) is 14.7 Å². The second-order valence-corrected chi connectivity index (χ2v) is 7.90. The lowest BCUT2D eigenvalue weighted by Gasteiger charge is -2.07. The molecule has 0 amide bonds. The molecule has 0 unspecified atom stereocenters. The molecular formula is C24H44O4. The van der Waals surface area contributed by atoms with Gasteiger partial charge in [0.1, 0.15) is 5.78 Å². The number of rotatable bonds is 20. The van der Waals surface area contributed by atoms with Gasteiger partial charge in [-0.3, -0.25) is 4.79 Å². The van der Waals surface area contributed by atoms with Crippen LogP contribution in [-0.2, 0) is 14.3 Å². The zero-order valence-corrected chi connectivity index (χ0v) is 18.4. The number of esters is 1. The van der Waals surface area contributed by atoms with Crippen LogP contribution in [0, 0.1) is 0 Å². The maximum Gasteiger partial charge on any atom is 0.305 e. The molecule has 0 aromatic heterocycles. The minimum absolute atomic E-state index is 0.0500. The van der Waals surface area contributed by atoms with Crippen molar-refractivity contribution in [2.75, 3.05) is 6.61 Å². The number of Topliss-reactive ketones (excluding diaryl/α,β-unsaturated/α-hetero) is 1. The van der Waals surface area contributed by atoms with Crippen LogP contribution < -0.4 is 0 Å². The van der Waals surface area contributed by atoms with Crippen molar-refractivity contribution < 1.29 is 19.4 Å².